The van der Waals surface area contributed by atoms with Crippen LogP contribution in [0.1, 0.15) is 5.56 Å². The van der Waals surface area contributed by atoms with Gasteiger partial charge in [-0.15, -0.1) is 0 Å². The molecule has 5 rings (SSSR count). The van der Waals surface area contributed by atoms with Crippen LogP contribution >= 0.6 is 0 Å². The minimum atomic E-state index is -0.0974. The molecule has 152 valence electrons. The highest BCUT2D eigenvalue weighted by Gasteiger charge is 2.22. The molecule has 9 heteroatoms. The summed E-state index contributed by atoms with van der Waals surface area (Å²) in [5.41, 5.74) is 2.61. The van der Waals surface area contributed by atoms with Gasteiger partial charge in [0.2, 0.25) is 0 Å². The van der Waals surface area contributed by atoms with Crippen molar-refractivity contribution in [1.82, 2.24) is 29.3 Å². The molecule has 1 saturated heterocycles. The molecule has 30 heavy (non-hydrogen) atoms. The number of aromatic nitrogens is 6. The highest BCUT2D eigenvalue weighted by Crippen LogP contribution is 2.23. The molecule has 0 N–H and O–H groups in total. The minimum Gasteiger partial charge on any atom is -0.352 e. The van der Waals surface area contributed by atoms with Gasteiger partial charge in [-0.1, -0.05) is 30.3 Å². The van der Waals surface area contributed by atoms with Crippen LogP contribution in [0.3, 0.4) is 0 Å². The molecule has 0 unspecified atom stereocenters. The van der Waals surface area contributed by atoms with Gasteiger partial charge in [-0.25, -0.2) is 19.6 Å². The molecule has 0 radical (unpaired) electrons. The lowest BCUT2D eigenvalue weighted by Gasteiger charge is -2.36. The van der Waals surface area contributed by atoms with Crippen molar-refractivity contribution in [2.45, 2.75) is 6.54 Å². The Morgan fingerprint density at radius 2 is 1.67 bits per heavy atom. The molecule has 3 aromatic heterocycles. The average molecular weight is 402 g/mol. The lowest BCUT2D eigenvalue weighted by atomic mass is 10.2. The first-order valence-corrected chi connectivity index (χ1v) is 9.93. The van der Waals surface area contributed by atoms with Gasteiger partial charge in [-0.05, 0) is 11.6 Å². The molecule has 1 fully saturated rings. The van der Waals surface area contributed by atoms with Crippen molar-refractivity contribution < 1.29 is 0 Å². The Balaban J connectivity index is 1.33. The molecule has 4 aromatic rings. The monoisotopic (exact) mass is 402 g/mol. The van der Waals surface area contributed by atoms with Crippen LogP contribution in [0, 0.1) is 0 Å². The Hall–Kier alpha value is -3.75. The van der Waals surface area contributed by atoms with Crippen molar-refractivity contribution >= 4 is 22.8 Å². The van der Waals surface area contributed by atoms with Crippen molar-refractivity contribution in [2.24, 2.45) is 7.05 Å². The summed E-state index contributed by atoms with van der Waals surface area (Å²) < 4.78 is 3.43. The van der Waals surface area contributed by atoms with E-state index in [1.807, 2.05) is 41.9 Å². The van der Waals surface area contributed by atoms with E-state index < -0.39 is 0 Å². The van der Waals surface area contributed by atoms with Crippen LogP contribution in [0.4, 0.5) is 11.6 Å². The lowest BCUT2D eigenvalue weighted by molar-refractivity contribution is 0.600. The molecule has 4 heterocycles. The topological polar surface area (TPSA) is 85.0 Å². The smallest absolute Gasteiger partial charge is 0.267 e. The fourth-order valence-corrected chi connectivity index (χ4v) is 3.79. The number of imidazole rings is 1. The van der Waals surface area contributed by atoms with Gasteiger partial charge in [-0.3, -0.25) is 4.79 Å². The Morgan fingerprint density at radius 3 is 2.47 bits per heavy atom. The minimum absolute atomic E-state index is 0.0974. The van der Waals surface area contributed by atoms with E-state index in [9.17, 15) is 4.79 Å². The number of hydrogen-bond donors (Lipinski definition) is 0. The first-order valence-electron chi connectivity index (χ1n) is 9.93. The number of benzene rings is 1. The number of fused-ring (bicyclic) bond motifs is 1. The van der Waals surface area contributed by atoms with Gasteiger partial charge in [0.05, 0.1) is 12.9 Å². The second-order valence-electron chi connectivity index (χ2n) is 7.37. The molecule has 0 amide bonds. The molecule has 9 nitrogen and oxygen atoms in total. The molecule has 0 aliphatic carbocycles. The van der Waals surface area contributed by atoms with Crippen molar-refractivity contribution in [2.75, 3.05) is 36.0 Å². The predicted molar refractivity (Wildman–Crippen MR) is 115 cm³/mol. The van der Waals surface area contributed by atoms with E-state index in [1.165, 1.54) is 4.68 Å². The van der Waals surface area contributed by atoms with E-state index in [0.29, 0.717) is 6.54 Å². The number of rotatable bonds is 4. The quantitative estimate of drug-likeness (QED) is 0.509. The zero-order valence-electron chi connectivity index (χ0n) is 16.7. The summed E-state index contributed by atoms with van der Waals surface area (Å²) in [6.07, 6.45) is 3.35. The van der Waals surface area contributed by atoms with Crippen LogP contribution in [-0.4, -0.2) is 55.5 Å². The number of nitrogens with zero attached hydrogens (tertiary/aromatic N) is 8. The Morgan fingerprint density at radius 1 is 0.900 bits per heavy atom. The molecular weight excluding hydrogens is 380 g/mol. The fraction of sp³-hybridized carbons (Fsp3) is 0.286. The summed E-state index contributed by atoms with van der Waals surface area (Å²) in [7, 11) is 1.93. The van der Waals surface area contributed by atoms with Crippen LogP contribution in [-0.2, 0) is 13.6 Å². The largest absolute Gasteiger partial charge is 0.352 e. The maximum absolute atomic E-state index is 12.3. The zero-order valence-corrected chi connectivity index (χ0v) is 16.7. The molecule has 0 spiro atoms. The second kappa shape index (κ2) is 7.58. The van der Waals surface area contributed by atoms with Gasteiger partial charge in [0, 0.05) is 39.3 Å². The van der Waals surface area contributed by atoms with Crippen LogP contribution < -0.4 is 15.4 Å². The van der Waals surface area contributed by atoms with Crippen molar-refractivity contribution in [3.8, 4) is 0 Å². The summed E-state index contributed by atoms with van der Waals surface area (Å²) >= 11 is 0. The van der Waals surface area contributed by atoms with Crippen LogP contribution in [0.2, 0.25) is 0 Å². The first-order chi connectivity index (χ1) is 14.7. The highest BCUT2D eigenvalue weighted by molar-refractivity contribution is 5.83. The van der Waals surface area contributed by atoms with E-state index in [0.717, 1.165) is 54.5 Å². The van der Waals surface area contributed by atoms with Gasteiger partial charge in [-0.2, -0.15) is 5.10 Å². The van der Waals surface area contributed by atoms with Crippen molar-refractivity contribution in [3.63, 3.8) is 0 Å². The maximum atomic E-state index is 12.3. The second-order valence-corrected chi connectivity index (χ2v) is 7.37. The van der Waals surface area contributed by atoms with Crippen molar-refractivity contribution in [1.29, 1.82) is 0 Å². The number of anilines is 2. The third-order valence-corrected chi connectivity index (χ3v) is 5.41. The molecule has 0 atom stereocenters. The summed E-state index contributed by atoms with van der Waals surface area (Å²) in [5.74, 6) is 1.68. The van der Waals surface area contributed by atoms with Crippen LogP contribution in [0.5, 0.6) is 0 Å². The Bertz CT molecular complexity index is 1220. The third-order valence-electron chi connectivity index (χ3n) is 5.41. The fourth-order valence-electron chi connectivity index (χ4n) is 3.79. The lowest BCUT2D eigenvalue weighted by Crippen LogP contribution is -2.47. The number of hydrogen-bond acceptors (Lipinski definition) is 7. The molecule has 0 bridgehead atoms. The predicted octanol–water partition coefficient (Wildman–Crippen LogP) is 1.29. The van der Waals surface area contributed by atoms with E-state index >= 15 is 0 Å². The SMILES string of the molecule is Cn1cnc2c(N3CCN(c4ccc(=O)n(Cc5ccccc5)n4)CC3)ncnc21. The van der Waals surface area contributed by atoms with Crippen LogP contribution in [0.15, 0.2) is 59.9 Å². The molecule has 0 saturated carbocycles. The molecule has 1 aliphatic rings. The summed E-state index contributed by atoms with van der Waals surface area (Å²) in [6, 6.07) is 13.3. The third kappa shape index (κ3) is 3.38. The van der Waals surface area contributed by atoms with Gasteiger partial charge < -0.3 is 14.4 Å². The van der Waals surface area contributed by atoms with Gasteiger partial charge in [0.25, 0.3) is 5.56 Å². The van der Waals surface area contributed by atoms with E-state index in [-0.39, 0.29) is 5.56 Å². The van der Waals surface area contributed by atoms with Gasteiger partial charge >= 0.3 is 0 Å². The van der Waals surface area contributed by atoms with E-state index in [1.54, 1.807) is 24.8 Å². The molecule has 1 aliphatic heterocycles. The Kier molecular flexibility index (Phi) is 4.62. The number of piperazine rings is 1. The summed E-state index contributed by atoms with van der Waals surface area (Å²) in [5, 5.41) is 4.61. The van der Waals surface area contributed by atoms with Gasteiger partial charge in [0.15, 0.2) is 17.0 Å². The van der Waals surface area contributed by atoms with E-state index in [2.05, 4.69) is 29.9 Å². The van der Waals surface area contributed by atoms with E-state index in [4.69, 9.17) is 0 Å². The average Bonchev–Trinajstić information content (AvgIpc) is 3.17. The summed E-state index contributed by atoms with van der Waals surface area (Å²) in [4.78, 5) is 30.0. The Labute approximate surface area is 173 Å². The maximum Gasteiger partial charge on any atom is 0.267 e. The highest BCUT2D eigenvalue weighted by atomic mass is 16.1. The standard InChI is InChI=1S/C21H22N8O/c1-26-15-24-19-20(26)22-14-23-21(19)28-11-9-27(10-12-28)17-7-8-18(30)29(25-17)13-16-5-3-2-4-6-16/h2-8,14-15H,9-13H2,1H3. The normalized spacial score (nSPS) is 14.4. The van der Waals surface area contributed by atoms with Crippen molar-refractivity contribution in [3.05, 3.63) is 71.0 Å². The summed E-state index contributed by atoms with van der Waals surface area (Å²) in [6.45, 7) is 3.63. The zero-order chi connectivity index (χ0) is 20.5. The van der Waals surface area contributed by atoms with Gasteiger partial charge in [0.1, 0.15) is 12.1 Å². The first kappa shape index (κ1) is 18.3. The van der Waals surface area contributed by atoms with Crippen LogP contribution in [0.25, 0.3) is 11.2 Å². The number of aryl methyl sites for hydroxylation is 1. The molecular formula is C21H22N8O. The molecule has 1 aromatic carbocycles.